The second kappa shape index (κ2) is 5.38. The maximum Gasteiger partial charge on any atom is 0.215 e. The summed E-state index contributed by atoms with van der Waals surface area (Å²) in [7, 11) is 1.54. The number of benzene rings is 1. The largest absolute Gasteiger partial charge is 0.481 e. The second-order valence-electron chi connectivity index (χ2n) is 3.51. The van der Waals surface area contributed by atoms with Gasteiger partial charge < -0.3 is 4.74 Å². The Hall–Kier alpha value is -1.57. The molecule has 1 heterocycles. The normalized spacial score (nSPS) is 9.89. The summed E-state index contributed by atoms with van der Waals surface area (Å²) < 4.78 is 5.79. The van der Waals surface area contributed by atoms with Crippen LogP contribution in [0.5, 0.6) is 5.88 Å². The van der Waals surface area contributed by atoms with Crippen molar-refractivity contribution in [2.75, 3.05) is 7.11 Å². The van der Waals surface area contributed by atoms with E-state index in [2.05, 4.69) is 27.0 Å². The van der Waals surface area contributed by atoms with Gasteiger partial charge in [-0.1, -0.05) is 23.7 Å². The highest BCUT2D eigenvalue weighted by atomic mass is 79.9. The summed E-state index contributed by atoms with van der Waals surface area (Å²) in [5, 5.41) is 9.11. The molecule has 18 heavy (non-hydrogen) atoms. The summed E-state index contributed by atoms with van der Waals surface area (Å²) in [6.07, 6.45) is 0. The van der Waals surface area contributed by atoms with E-state index in [4.69, 9.17) is 21.6 Å². The van der Waals surface area contributed by atoms with Crippen molar-refractivity contribution in [1.82, 2.24) is 4.98 Å². The van der Waals surface area contributed by atoms with E-state index in [-0.39, 0.29) is 0 Å². The van der Waals surface area contributed by atoms with Crippen LogP contribution >= 0.6 is 27.5 Å². The average molecular weight is 324 g/mol. The fourth-order valence-corrected chi connectivity index (χ4v) is 2.13. The van der Waals surface area contributed by atoms with Crippen molar-refractivity contribution in [1.29, 1.82) is 5.26 Å². The van der Waals surface area contributed by atoms with Gasteiger partial charge in [0.15, 0.2) is 0 Å². The molecule has 2 rings (SSSR count). The van der Waals surface area contributed by atoms with Crippen molar-refractivity contribution in [3.8, 4) is 23.1 Å². The minimum absolute atomic E-state index is 0.341. The smallest absolute Gasteiger partial charge is 0.215 e. The van der Waals surface area contributed by atoms with E-state index in [9.17, 15) is 0 Å². The zero-order valence-electron chi connectivity index (χ0n) is 9.45. The van der Waals surface area contributed by atoms with E-state index < -0.39 is 0 Å². The molecular formula is C13H8BrClN2O. The summed E-state index contributed by atoms with van der Waals surface area (Å²) in [5.41, 5.74) is 2.42. The number of hydrogen-bond donors (Lipinski definition) is 0. The highest BCUT2D eigenvalue weighted by Crippen LogP contribution is 2.35. The molecule has 0 atom stereocenters. The fourth-order valence-electron chi connectivity index (χ4n) is 1.52. The van der Waals surface area contributed by atoms with Gasteiger partial charge in [0.1, 0.15) is 5.15 Å². The first-order valence-corrected chi connectivity index (χ1v) is 6.23. The molecule has 0 aliphatic carbocycles. The molecule has 0 bridgehead atoms. The summed E-state index contributed by atoms with van der Waals surface area (Å²) in [6, 6.07) is 11.1. The zero-order chi connectivity index (χ0) is 13.1. The van der Waals surface area contributed by atoms with Crippen LogP contribution in [-0.2, 0) is 0 Å². The van der Waals surface area contributed by atoms with Gasteiger partial charge in [-0.05, 0) is 33.6 Å². The van der Waals surface area contributed by atoms with E-state index in [1.807, 2.05) is 12.1 Å². The molecule has 0 saturated carbocycles. The molecule has 0 amide bonds. The van der Waals surface area contributed by atoms with E-state index in [1.165, 1.54) is 7.11 Å². The van der Waals surface area contributed by atoms with Gasteiger partial charge in [-0.25, -0.2) is 4.98 Å². The van der Waals surface area contributed by atoms with Gasteiger partial charge in [0.05, 0.1) is 23.2 Å². The molecule has 0 radical (unpaired) electrons. The highest BCUT2D eigenvalue weighted by molar-refractivity contribution is 9.10. The topological polar surface area (TPSA) is 45.9 Å². The van der Waals surface area contributed by atoms with Crippen LogP contribution in [-0.4, -0.2) is 12.1 Å². The number of ether oxygens (including phenoxy) is 1. The molecule has 0 aliphatic heterocycles. The number of pyridine rings is 1. The van der Waals surface area contributed by atoms with Crippen molar-refractivity contribution in [2.45, 2.75) is 0 Å². The summed E-state index contributed by atoms with van der Waals surface area (Å²) in [4.78, 5) is 4.06. The third-order valence-electron chi connectivity index (χ3n) is 2.43. The number of methoxy groups -OCH3 is 1. The third kappa shape index (κ3) is 2.47. The predicted molar refractivity (Wildman–Crippen MR) is 73.7 cm³/mol. The van der Waals surface area contributed by atoms with Crippen LogP contribution in [0.3, 0.4) is 0 Å². The molecule has 1 aromatic heterocycles. The van der Waals surface area contributed by atoms with Crippen molar-refractivity contribution in [3.05, 3.63) is 45.5 Å². The minimum atomic E-state index is 0.341. The Bertz CT molecular complexity index is 620. The van der Waals surface area contributed by atoms with Crippen LogP contribution in [0.4, 0.5) is 0 Å². The number of halogens is 2. The number of aromatic nitrogens is 1. The first-order chi connectivity index (χ1) is 8.65. The number of rotatable bonds is 2. The highest BCUT2D eigenvalue weighted by Gasteiger charge is 2.11. The van der Waals surface area contributed by atoms with E-state index in [1.54, 1.807) is 18.2 Å². The Morgan fingerprint density at radius 2 is 2.00 bits per heavy atom. The standard InChI is InChI=1S/C13H8BrClN2O/c1-18-11-6-10(12(14)13(15)17-11)9-4-2-8(7-16)3-5-9/h2-6H,1H3. The molecule has 90 valence electrons. The first-order valence-electron chi connectivity index (χ1n) is 5.06. The van der Waals surface area contributed by atoms with E-state index >= 15 is 0 Å². The van der Waals surface area contributed by atoms with Gasteiger partial charge in [-0.15, -0.1) is 0 Å². The Kier molecular flexibility index (Phi) is 3.85. The first kappa shape index (κ1) is 12.9. The van der Waals surface area contributed by atoms with Crippen molar-refractivity contribution in [2.24, 2.45) is 0 Å². The lowest BCUT2D eigenvalue weighted by atomic mass is 10.1. The van der Waals surface area contributed by atoms with Crippen LogP contribution in [0.25, 0.3) is 11.1 Å². The van der Waals surface area contributed by atoms with E-state index in [0.29, 0.717) is 21.1 Å². The minimum Gasteiger partial charge on any atom is -0.481 e. The van der Waals surface area contributed by atoms with Gasteiger partial charge in [-0.3, -0.25) is 0 Å². The second-order valence-corrected chi connectivity index (χ2v) is 4.66. The van der Waals surface area contributed by atoms with Gasteiger partial charge in [0.25, 0.3) is 0 Å². The quantitative estimate of drug-likeness (QED) is 0.783. The number of nitrogens with zero attached hydrogens (tertiary/aromatic N) is 2. The molecule has 1 aromatic carbocycles. The summed E-state index contributed by atoms with van der Waals surface area (Å²) in [5.74, 6) is 0.447. The van der Waals surface area contributed by atoms with Gasteiger partial charge in [0.2, 0.25) is 5.88 Å². The molecule has 0 N–H and O–H groups in total. The summed E-state index contributed by atoms with van der Waals surface area (Å²) in [6.45, 7) is 0. The van der Waals surface area contributed by atoms with E-state index in [0.717, 1.165) is 11.1 Å². The third-order valence-corrected chi connectivity index (χ3v) is 3.73. The van der Waals surface area contributed by atoms with Crippen LogP contribution in [0, 0.1) is 11.3 Å². The number of hydrogen-bond acceptors (Lipinski definition) is 3. The Morgan fingerprint density at radius 1 is 1.33 bits per heavy atom. The molecule has 0 saturated heterocycles. The Balaban J connectivity index is 2.55. The molecule has 5 heteroatoms. The Morgan fingerprint density at radius 3 is 2.56 bits per heavy atom. The Labute approximate surface area is 118 Å². The lowest BCUT2D eigenvalue weighted by Gasteiger charge is -2.08. The SMILES string of the molecule is COc1cc(-c2ccc(C#N)cc2)c(Br)c(Cl)n1. The van der Waals surface area contributed by atoms with Gasteiger partial charge in [0, 0.05) is 11.6 Å². The lowest BCUT2D eigenvalue weighted by Crippen LogP contribution is -1.91. The van der Waals surface area contributed by atoms with Crippen LogP contribution in [0.15, 0.2) is 34.8 Å². The van der Waals surface area contributed by atoms with Crippen LogP contribution in [0.1, 0.15) is 5.56 Å². The molecular weight excluding hydrogens is 316 g/mol. The molecule has 2 aromatic rings. The fraction of sp³-hybridized carbons (Fsp3) is 0.0769. The number of nitriles is 1. The molecule has 0 unspecified atom stereocenters. The van der Waals surface area contributed by atoms with Crippen LogP contribution < -0.4 is 4.74 Å². The monoisotopic (exact) mass is 322 g/mol. The maximum atomic E-state index is 8.77. The lowest BCUT2D eigenvalue weighted by molar-refractivity contribution is 0.398. The van der Waals surface area contributed by atoms with Crippen molar-refractivity contribution in [3.63, 3.8) is 0 Å². The van der Waals surface area contributed by atoms with Gasteiger partial charge in [-0.2, -0.15) is 5.26 Å². The average Bonchev–Trinajstić information content (AvgIpc) is 2.42. The van der Waals surface area contributed by atoms with Crippen molar-refractivity contribution >= 4 is 27.5 Å². The van der Waals surface area contributed by atoms with Gasteiger partial charge >= 0.3 is 0 Å². The molecule has 0 aliphatic rings. The zero-order valence-corrected chi connectivity index (χ0v) is 11.8. The molecule has 3 nitrogen and oxygen atoms in total. The van der Waals surface area contributed by atoms with Crippen molar-refractivity contribution < 1.29 is 4.74 Å². The van der Waals surface area contributed by atoms with Crippen LogP contribution in [0.2, 0.25) is 5.15 Å². The summed E-state index contributed by atoms with van der Waals surface area (Å²) >= 11 is 9.42. The molecule has 0 spiro atoms. The molecule has 0 fully saturated rings. The predicted octanol–water partition coefficient (Wildman–Crippen LogP) is 4.04. The maximum absolute atomic E-state index is 8.77.